The third kappa shape index (κ3) is 3.04. The van der Waals surface area contributed by atoms with Crippen molar-refractivity contribution < 1.29 is 9.53 Å². The summed E-state index contributed by atoms with van der Waals surface area (Å²) in [6.45, 7) is 2.11. The van der Waals surface area contributed by atoms with E-state index < -0.39 is 5.97 Å². The van der Waals surface area contributed by atoms with Crippen molar-refractivity contribution in [2.45, 2.75) is 13.3 Å². The van der Waals surface area contributed by atoms with Crippen LogP contribution in [0.4, 0.5) is 0 Å². The molecule has 0 aliphatic heterocycles. The fraction of sp³-hybridized carbons (Fsp3) is 0.143. The van der Waals surface area contributed by atoms with Crippen molar-refractivity contribution in [1.82, 2.24) is 9.97 Å². The first-order valence-electron chi connectivity index (χ1n) is 8.46. The molecule has 26 heavy (non-hydrogen) atoms. The van der Waals surface area contributed by atoms with Crippen LogP contribution >= 0.6 is 11.6 Å². The Kier molecular flexibility index (Phi) is 4.35. The van der Waals surface area contributed by atoms with Gasteiger partial charge in [-0.25, -0.2) is 9.78 Å². The third-order valence-electron chi connectivity index (χ3n) is 4.39. The summed E-state index contributed by atoms with van der Waals surface area (Å²) < 4.78 is 5.08. The first kappa shape index (κ1) is 16.6. The van der Waals surface area contributed by atoms with Gasteiger partial charge in [-0.1, -0.05) is 35.9 Å². The maximum absolute atomic E-state index is 12.0. The summed E-state index contributed by atoms with van der Waals surface area (Å²) in [6.07, 6.45) is 2.46. The number of esters is 1. The molecule has 4 aromatic rings. The van der Waals surface area contributed by atoms with Crippen LogP contribution in [-0.2, 0) is 11.2 Å². The van der Waals surface area contributed by atoms with Gasteiger partial charge < -0.3 is 9.72 Å². The molecule has 2 aromatic carbocycles. The number of hydrogen-bond acceptors (Lipinski definition) is 3. The molecule has 4 nitrogen and oxygen atoms in total. The van der Waals surface area contributed by atoms with Gasteiger partial charge in [-0.05, 0) is 48.7 Å². The second-order valence-electron chi connectivity index (χ2n) is 6.10. The summed E-state index contributed by atoms with van der Waals surface area (Å²) in [5.41, 5.74) is 4.60. The van der Waals surface area contributed by atoms with E-state index in [0.29, 0.717) is 12.3 Å². The van der Waals surface area contributed by atoms with Gasteiger partial charge in [0.05, 0.1) is 18.3 Å². The molecule has 0 aliphatic carbocycles. The Bertz CT molecular complexity index is 1100. The van der Waals surface area contributed by atoms with Crippen LogP contribution in [0.25, 0.3) is 21.8 Å². The number of benzene rings is 2. The topological polar surface area (TPSA) is 55.0 Å². The zero-order chi connectivity index (χ0) is 18.1. The lowest BCUT2D eigenvalue weighted by atomic mass is 9.99. The normalized spacial score (nSPS) is 11.2. The number of pyridine rings is 1. The van der Waals surface area contributed by atoms with E-state index >= 15 is 0 Å². The van der Waals surface area contributed by atoms with Gasteiger partial charge in [-0.15, -0.1) is 0 Å². The van der Waals surface area contributed by atoms with Gasteiger partial charge in [0, 0.05) is 21.3 Å². The highest BCUT2D eigenvalue weighted by Gasteiger charge is 2.14. The number of hydrogen-bond donors (Lipinski definition) is 1. The fourth-order valence-electron chi connectivity index (χ4n) is 3.22. The molecule has 0 atom stereocenters. The molecule has 5 heteroatoms. The molecule has 1 N–H and O–H groups in total. The fourth-order valence-corrected chi connectivity index (χ4v) is 3.34. The Morgan fingerprint density at radius 2 is 1.96 bits per heavy atom. The molecule has 0 saturated heterocycles. The predicted octanol–water partition coefficient (Wildman–Crippen LogP) is 5.14. The van der Waals surface area contributed by atoms with Gasteiger partial charge >= 0.3 is 5.97 Å². The van der Waals surface area contributed by atoms with E-state index in [1.165, 1.54) is 11.1 Å². The number of halogens is 1. The van der Waals surface area contributed by atoms with Gasteiger partial charge in [0.15, 0.2) is 0 Å². The Morgan fingerprint density at radius 3 is 2.73 bits per heavy atom. The molecule has 0 unspecified atom stereocenters. The van der Waals surface area contributed by atoms with Crippen molar-refractivity contribution in [1.29, 1.82) is 0 Å². The Morgan fingerprint density at radius 1 is 1.15 bits per heavy atom. The van der Waals surface area contributed by atoms with Crippen LogP contribution in [0.15, 0.2) is 54.7 Å². The minimum absolute atomic E-state index is 0.321. The minimum atomic E-state index is -0.404. The van der Waals surface area contributed by atoms with Crippen molar-refractivity contribution in [2.24, 2.45) is 0 Å². The Hall–Kier alpha value is -2.85. The second-order valence-corrected chi connectivity index (χ2v) is 6.54. The van der Waals surface area contributed by atoms with Crippen LogP contribution in [0.3, 0.4) is 0 Å². The third-order valence-corrected chi connectivity index (χ3v) is 4.64. The molecule has 0 spiro atoms. The maximum Gasteiger partial charge on any atom is 0.356 e. The second kappa shape index (κ2) is 6.81. The number of carbonyl (C=O) groups excluding carboxylic acids is 1. The molecule has 130 valence electrons. The van der Waals surface area contributed by atoms with E-state index in [9.17, 15) is 4.79 Å². The van der Waals surface area contributed by atoms with E-state index in [2.05, 4.69) is 16.0 Å². The zero-order valence-corrected chi connectivity index (χ0v) is 15.0. The number of ether oxygens (including phenoxy) is 1. The lowest BCUT2D eigenvalue weighted by molar-refractivity contribution is 0.0520. The lowest BCUT2D eigenvalue weighted by Crippen LogP contribution is -2.06. The maximum atomic E-state index is 12.0. The molecule has 0 saturated carbocycles. The number of carbonyl (C=O) groups is 1. The summed E-state index contributed by atoms with van der Waals surface area (Å²) in [5.74, 6) is -0.404. The molecule has 0 bridgehead atoms. The molecular weight excluding hydrogens is 348 g/mol. The minimum Gasteiger partial charge on any atom is -0.461 e. The van der Waals surface area contributed by atoms with Crippen molar-refractivity contribution in [3.05, 3.63) is 76.6 Å². The van der Waals surface area contributed by atoms with Crippen LogP contribution in [0.2, 0.25) is 5.02 Å². The Balaban J connectivity index is 1.84. The number of aromatic amines is 1. The van der Waals surface area contributed by atoms with Gasteiger partial charge in [0.25, 0.3) is 0 Å². The molecule has 0 fully saturated rings. The molecule has 0 radical (unpaired) electrons. The number of fused-ring (bicyclic) bond motifs is 3. The number of H-pyrrole nitrogens is 1. The standard InChI is InChI=1S/C21H17ClN2O2/c1-2-26-21(25)18-11-16-19(12-23-18)24-17-5-3-4-14(20(16)17)10-13-6-8-15(22)9-7-13/h3-9,11-12,24H,2,10H2,1H3. The Labute approximate surface area is 155 Å². The van der Waals surface area contributed by atoms with Crippen LogP contribution in [0.1, 0.15) is 28.5 Å². The largest absolute Gasteiger partial charge is 0.461 e. The lowest BCUT2D eigenvalue weighted by Gasteiger charge is -2.06. The summed E-state index contributed by atoms with van der Waals surface area (Å²) in [6, 6.07) is 15.8. The molecule has 0 aliphatic rings. The number of nitrogens with zero attached hydrogens (tertiary/aromatic N) is 1. The van der Waals surface area contributed by atoms with E-state index in [0.717, 1.165) is 33.2 Å². The predicted molar refractivity (Wildman–Crippen MR) is 104 cm³/mol. The van der Waals surface area contributed by atoms with Gasteiger partial charge in [-0.3, -0.25) is 0 Å². The average Bonchev–Trinajstić information content (AvgIpc) is 3.02. The number of rotatable bonds is 4. The molecule has 2 aromatic heterocycles. The number of aromatic nitrogens is 2. The smallest absolute Gasteiger partial charge is 0.356 e. The zero-order valence-electron chi connectivity index (χ0n) is 14.3. The highest BCUT2D eigenvalue weighted by atomic mass is 35.5. The van der Waals surface area contributed by atoms with Gasteiger partial charge in [0.1, 0.15) is 5.69 Å². The summed E-state index contributed by atoms with van der Waals surface area (Å²) in [4.78, 5) is 19.6. The van der Waals surface area contributed by atoms with Crippen molar-refractivity contribution in [2.75, 3.05) is 6.61 Å². The van der Waals surface area contributed by atoms with Crippen LogP contribution in [-0.4, -0.2) is 22.5 Å². The first-order chi connectivity index (χ1) is 12.7. The first-order valence-corrected chi connectivity index (χ1v) is 8.84. The quantitative estimate of drug-likeness (QED) is 0.510. The average molecular weight is 365 g/mol. The van der Waals surface area contributed by atoms with E-state index in [1.807, 2.05) is 36.4 Å². The van der Waals surface area contributed by atoms with Gasteiger partial charge in [-0.2, -0.15) is 0 Å². The van der Waals surface area contributed by atoms with E-state index in [4.69, 9.17) is 16.3 Å². The SMILES string of the molecule is CCOC(=O)c1cc2c(cn1)[nH]c1cccc(Cc3ccc(Cl)cc3)c12. The molecular formula is C21H17ClN2O2. The van der Waals surface area contributed by atoms with Crippen molar-refractivity contribution in [3.8, 4) is 0 Å². The van der Waals surface area contributed by atoms with E-state index in [1.54, 1.807) is 19.2 Å². The van der Waals surface area contributed by atoms with Crippen LogP contribution in [0, 0.1) is 0 Å². The van der Waals surface area contributed by atoms with E-state index in [-0.39, 0.29) is 0 Å². The van der Waals surface area contributed by atoms with Crippen LogP contribution in [0.5, 0.6) is 0 Å². The van der Waals surface area contributed by atoms with Crippen LogP contribution < -0.4 is 0 Å². The molecule has 2 heterocycles. The number of nitrogens with one attached hydrogen (secondary N) is 1. The molecule has 0 amide bonds. The van der Waals surface area contributed by atoms with Crippen molar-refractivity contribution in [3.63, 3.8) is 0 Å². The van der Waals surface area contributed by atoms with Gasteiger partial charge in [0.2, 0.25) is 0 Å². The van der Waals surface area contributed by atoms with Crippen molar-refractivity contribution >= 4 is 39.4 Å². The summed E-state index contributed by atoms with van der Waals surface area (Å²) in [5, 5.41) is 2.80. The molecule has 4 rings (SSSR count). The monoisotopic (exact) mass is 364 g/mol. The highest BCUT2D eigenvalue weighted by molar-refractivity contribution is 6.30. The highest BCUT2D eigenvalue weighted by Crippen LogP contribution is 2.30. The summed E-state index contributed by atoms with van der Waals surface area (Å²) in [7, 11) is 0. The summed E-state index contributed by atoms with van der Waals surface area (Å²) >= 11 is 5.99.